The van der Waals surface area contributed by atoms with E-state index in [-0.39, 0.29) is 0 Å². The molecule has 16 heavy (non-hydrogen) atoms. The lowest BCUT2D eigenvalue weighted by Crippen LogP contribution is -2.47. The fourth-order valence-electron chi connectivity index (χ4n) is 3.16. The molecule has 0 radical (unpaired) electrons. The van der Waals surface area contributed by atoms with Crippen LogP contribution in [0.2, 0.25) is 0 Å². The van der Waals surface area contributed by atoms with Gasteiger partial charge in [-0.15, -0.1) is 0 Å². The highest BCUT2D eigenvalue weighted by molar-refractivity contribution is 4.84. The Balaban J connectivity index is 1.89. The maximum atomic E-state index is 5.65. The van der Waals surface area contributed by atoms with Crippen LogP contribution in [0, 0.1) is 0 Å². The van der Waals surface area contributed by atoms with Crippen molar-refractivity contribution in [1.29, 1.82) is 0 Å². The summed E-state index contributed by atoms with van der Waals surface area (Å²) in [5, 5.41) is 0. The summed E-state index contributed by atoms with van der Waals surface area (Å²) in [5.74, 6) is 0. The summed E-state index contributed by atoms with van der Waals surface area (Å²) in [6, 6.07) is 1.49. The summed E-state index contributed by atoms with van der Waals surface area (Å²) >= 11 is 0. The molecule has 0 aromatic heterocycles. The lowest BCUT2D eigenvalue weighted by molar-refractivity contribution is 0.000650. The molecule has 1 atom stereocenters. The smallest absolute Gasteiger partial charge is 0.0621 e. The molecule has 0 amide bonds. The summed E-state index contributed by atoms with van der Waals surface area (Å²) in [4.78, 5) is 2.71. The Bertz CT molecular complexity index is 186. The van der Waals surface area contributed by atoms with Gasteiger partial charge in [0.05, 0.1) is 6.61 Å². The predicted octanol–water partition coefficient (Wildman–Crippen LogP) is 1.76. The van der Waals surface area contributed by atoms with Crippen molar-refractivity contribution in [3.05, 3.63) is 0 Å². The second-order valence-electron chi connectivity index (χ2n) is 5.19. The van der Waals surface area contributed by atoms with Crippen molar-refractivity contribution in [1.82, 2.24) is 4.90 Å². The molecule has 2 fully saturated rings. The van der Waals surface area contributed by atoms with Gasteiger partial charge in [-0.2, -0.15) is 0 Å². The van der Waals surface area contributed by atoms with Gasteiger partial charge < -0.3 is 10.5 Å². The van der Waals surface area contributed by atoms with Gasteiger partial charge in [-0.05, 0) is 38.6 Å². The van der Waals surface area contributed by atoms with Crippen LogP contribution in [0.25, 0.3) is 0 Å². The Morgan fingerprint density at radius 2 is 1.81 bits per heavy atom. The van der Waals surface area contributed by atoms with E-state index in [1.54, 1.807) is 0 Å². The zero-order valence-corrected chi connectivity index (χ0v) is 10.4. The zero-order valence-electron chi connectivity index (χ0n) is 10.4. The maximum Gasteiger partial charge on any atom is 0.0621 e. The van der Waals surface area contributed by atoms with Crippen molar-refractivity contribution in [2.45, 2.75) is 57.0 Å². The predicted molar refractivity (Wildman–Crippen MR) is 66.5 cm³/mol. The molecule has 1 unspecified atom stereocenters. The first-order valence-electron chi connectivity index (χ1n) is 6.95. The first kappa shape index (κ1) is 12.3. The Morgan fingerprint density at radius 3 is 2.44 bits per heavy atom. The number of ether oxygens (including phenoxy) is 1. The third-order valence-electron chi connectivity index (χ3n) is 4.02. The standard InChI is InChI=1S/C13H26N2O/c14-8-4-9-15(12-5-1-2-6-12)13-7-3-10-16-11-13/h12-13H,1-11,14H2. The molecule has 2 aliphatic rings. The molecule has 1 heterocycles. The minimum Gasteiger partial charge on any atom is -0.380 e. The average Bonchev–Trinajstić information content (AvgIpc) is 2.85. The van der Waals surface area contributed by atoms with Gasteiger partial charge in [-0.25, -0.2) is 0 Å². The van der Waals surface area contributed by atoms with Crippen molar-refractivity contribution in [2.75, 3.05) is 26.3 Å². The molecule has 1 aliphatic carbocycles. The zero-order chi connectivity index (χ0) is 11.2. The SMILES string of the molecule is NCCCN(C1CCCC1)C1CCCOC1. The van der Waals surface area contributed by atoms with E-state index in [0.717, 1.165) is 32.2 Å². The first-order chi connectivity index (χ1) is 7.92. The first-order valence-corrected chi connectivity index (χ1v) is 6.95. The van der Waals surface area contributed by atoms with E-state index in [9.17, 15) is 0 Å². The van der Waals surface area contributed by atoms with Gasteiger partial charge in [0.15, 0.2) is 0 Å². The van der Waals surface area contributed by atoms with E-state index in [0.29, 0.717) is 6.04 Å². The highest BCUT2D eigenvalue weighted by Crippen LogP contribution is 2.27. The minimum absolute atomic E-state index is 0.670. The van der Waals surface area contributed by atoms with E-state index in [1.165, 1.54) is 45.1 Å². The molecular formula is C13H26N2O. The van der Waals surface area contributed by atoms with Crippen LogP contribution in [0.15, 0.2) is 0 Å². The van der Waals surface area contributed by atoms with Crippen molar-refractivity contribution in [3.63, 3.8) is 0 Å². The van der Waals surface area contributed by atoms with Crippen molar-refractivity contribution >= 4 is 0 Å². The van der Waals surface area contributed by atoms with Crippen LogP contribution in [0.1, 0.15) is 44.9 Å². The lowest BCUT2D eigenvalue weighted by Gasteiger charge is -2.38. The van der Waals surface area contributed by atoms with E-state index in [4.69, 9.17) is 10.5 Å². The average molecular weight is 226 g/mol. The Morgan fingerprint density at radius 1 is 1.06 bits per heavy atom. The Kier molecular flexibility index (Phi) is 5.07. The molecule has 1 saturated carbocycles. The second-order valence-corrected chi connectivity index (χ2v) is 5.19. The van der Waals surface area contributed by atoms with Gasteiger partial charge in [0.2, 0.25) is 0 Å². The van der Waals surface area contributed by atoms with Crippen molar-refractivity contribution in [2.24, 2.45) is 5.73 Å². The second kappa shape index (κ2) is 6.58. The molecule has 2 rings (SSSR count). The van der Waals surface area contributed by atoms with Crippen LogP contribution in [-0.2, 0) is 4.74 Å². The molecule has 0 spiro atoms. The number of nitrogens with zero attached hydrogens (tertiary/aromatic N) is 1. The maximum absolute atomic E-state index is 5.65. The summed E-state index contributed by atoms with van der Waals surface area (Å²) < 4.78 is 5.63. The van der Waals surface area contributed by atoms with Crippen LogP contribution in [0.5, 0.6) is 0 Å². The van der Waals surface area contributed by atoms with Crippen molar-refractivity contribution < 1.29 is 4.74 Å². The van der Waals surface area contributed by atoms with E-state index < -0.39 is 0 Å². The molecule has 0 aromatic carbocycles. The van der Waals surface area contributed by atoms with Crippen LogP contribution in [-0.4, -0.2) is 43.3 Å². The number of rotatable bonds is 5. The molecule has 3 nitrogen and oxygen atoms in total. The van der Waals surface area contributed by atoms with Crippen LogP contribution < -0.4 is 5.73 Å². The molecule has 2 N–H and O–H groups in total. The monoisotopic (exact) mass is 226 g/mol. The minimum atomic E-state index is 0.670. The van der Waals surface area contributed by atoms with Gasteiger partial charge >= 0.3 is 0 Å². The number of hydrogen-bond acceptors (Lipinski definition) is 3. The molecule has 0 aromatic rings. The quantitative estimate of drug-likeness (QED) is 0.776. The number of hydrogen-bond donors (Lipinski definition) is 1. The largest absolute Gasteiger partial charge is 0.380 e. The van der Waals surface area contributed by atoms with Gasteiger partial charge in [-0.1, -0.05) is 12.8 Å². The lowest BCUT2D eigenvalue weighted by atomic mass is 10.0. The molecule has 1 saturated heterocycles. The van der Waals surface area contributed by atoms with Crippen molar-refractivity contribution in [3.8, 4) is 0 Å². The van der Waals surface area contributed by atoms with Gasteiger partial charge in [0.1, 0.15) is 0 Å². The van der Waals surface area contributed by atoms with Gasteiger partial charge in [0, 0.05) is 25.2 Å². The molecular weight excluding hydrogens is 200 g/mol. The van der Waals surface area contributed by atoms with E-state index in [2.05, 4.69) is 4.90 Å². The molecule has 3 heteroatoms. The van der Waals surface area contributed by atoms with Crippen LogP contribution in [0.4, 0.5) is 0 Å². The van der Waals surface area contributed by atoms with Gasteiger partial charge in [0.25, 0.3) is 0 Å². The van der Waals surface area contributed by atoms with Gasteiger partial charge in [-0.3, -0.25) is 4.90 Å². The third-order valence-corrected chi connectivity index (χ3v) is 4.02. The Hall–Kier alpha value is -0.120. The van der Waals surface area contributed by atoms with Crippen LogP contribution in [0.3, 0.4) is 0 Å². The Labute approximate surface area is 99.3 Å². The van der Waals surface area contributed by atoms with E-state index in [1.807, 2.05) is 0 Å². The molecule has 94 valence electrons. The summed E-state index contributed by atoms with van der Waals surface area (Å²) in [6.45, 7) is 3.90. The molecule has 0 bridgehead atoms. The normalized spacial score (nSPS) is 27.8. The fourth-order valence-corrected chi connectivity index (χ4v) is 3.16. The third kappa shape index (κ3) is 3.19. The van der Waals surface area contributed by atoms with Crippen LogP contribution >= 0.6 is 0 Å². The van der Waals surface area contributed by atoms with E-state index >= 15 is 0 Å². The summed E-state index contributed by atoms with van der Waals surface area (Å²) in [6.07, 6.45) is 9.29. The summed E-state index contributed by atoms with van der Waals surface area (Å²) in [5.41, 5.74) is 5.65. The summed E-state index contributed by atoms with van der Waals surface area (Å²) in [7, 11) is 0. The highest BCUT2D eigenvalue weighted by Gasteiger charge is 2.29. The molecule has 1 aliphatic heterocycles. The fraction of sp³-hybridized carbons (Fsp3) is 1.00. The highest BCUT2D eigenvalue weighted by atomic mass is 16.5. The topological polar surface area (TPSA) is 38.5 Å². The number of nitrogens with two attached hydrogens (primary N) is 1.